The van der Waals surface area contributed by atoms with Gasteiger partial charge in [0.1, 0.15) is 19.1 Å². The van der Waals surface area contributed by atoms with Crippen molar-refractivity contribution in [3.05, 3.63) is 29.5 Å². The molecule has 8 heteroatoms. The third kappa shape index (κ3) is 11.8. The second-order valence-electron chi connectivity index (χ2n) is 8.26. The molecule has 4 nitrogen and oxygen atoms in total. The Hall–Kier alpha value is -0.700. The molecular formula is C26H38Br2O4S2. The fraction of sp³-hybridized carbons (Fsp3) is 0.615. The first kappa shape index (κ1) is 31.3. The van der Waals surface area contributed by atoms with Crippen LogP contribution in [0.3, 0.4) is 0 Å². The van der Waals surface area contributed by atoms with E-state index in [0.717, 1.165) is 57.7 Å². The molecule has 2 atom stereocenters. The lowest BCUT2D eigenvalue weighted by molar-refractivity contribution is 0.111. The predicted molar refractivity (Wildman–Crippen MR) is 152 cm³/mol. The summed E-state index contributed by atoms with van der Waals surface area (Å²) in [6, 6.07) is 3.60. The predicted octanol–water partition coefficient (Wildman–Crippen LogP) is 9.84. The van der Waals surface area contributed by atoms with Gasteiger partial charge in [0.25, 0.3) is 0 Å². The van der Waals surface area contributed by atoms with Gasteiger partial charge in [0.2, 0.25) is 0 Å². The molecule has 0 aliphatic heterocycles. The SMILES string of the molecule is CCCCC(CC)COc1cc(C=O)sc1Br.CCCCC(CC)COc1cc(C=O)sc1Br. The normalized spacial score (nSPS) is 12.4. The van der Waals surface area contributed by atoms with E-state index in [1.54, 1.807) is 12.1 Å². The molecule has 2 unspecified atom stereocenters. The quantitative estimate of drug-likeness (QED) is 0.172. The highest BCUT2D eigenvalue weighted by molar-refractivity contribution is 9.11. The fourth-order valence-corrected chi connectivity index (χ4v) is 6.12. The maximum atomic E-state index is 10.6. The van der Waals surface area contributed by atoms with Crippen LogP contribution in [0.1, 0.15) is 98.4 Å². The Balaban J connectivity index is 0.000000340. The zero-order valence-corrected chi connectivity index (χ0v) is 25.5. The van der Waals surface area contributed by atoms with Crippen LogP contribution in [0.5, 0.6) is 11.5 Å². The summed E-state index contributed by atoms with van der Waals surface area (Å²) >= 11 is 9.66. The largest absolute Gasteiger partial charge is 0.491 e. The molecule has 0 radical (unpaired) electrons. The lowest BCUT2D eigenvalue weighted by atomic mass is 10.0. The van der Waals surface area contributed by atoms with Gasteiger partial charge in [-0.2, -0.15) is 0 Å². The number of ether oxygens (including phenoxy) is 2. The average Bonchev–Trinajstić information content (AvgIpc) is 3.40. The van der Waals surface area contributed by atoms with E-state index in [-0.39, 0.29) is 0 Å². The zero-order valence-electron chi connectivity index (χ0n) is 20.7. The van der Waals surface area contributed by atoms with E-state index >= 15 is 0 Å². The maximum absolute atomic E-state index is 10.6. The number of thiophene rings is 2. The molecule has 0 aromatic carbocycles. The molecule has 0 N–H and O–H groups in total. The van der Waals surface area contributed by atoms with E-state index in [4.69, 9.17) is 9.47 Å². The first-order valence-electron chi connectivity index (χ1n) is 12.2. The molecule has 2 rings (SSSR count). The minimum absolute atomic E-state index is 0.612. The summed E-state index contributed by atoms with van der Waals surface area (Å²) in [5.74, 6) is 2.82. The summed E-state index contributed by atoms with van der Waals surface area (Å²) in [6.45, 7) is 10.3. The van der Waals surface area contributed by atoms with Crippen molar-refractivity contribution in [1.82, 2.24) is 0 Å². The Kier molecular flexibility index (Phi) is 17.1. The van der Waals surface area contributed by atoms with Crippen LogP contribution >= 0.6 is 54.5 Å². The molecule has 0 saturated carbocycles. The molecular weight excluding hydrogens is 600 g/mol. The van der Waals surface area contributed by atoms with Crippen LogP contribution in [0.25, 0.3) is 0 Å². The van der Waals surface area contributed by atoms with Crippen LogP contribution in [-0.4, -0.2) is 25.8 Å². The van der Waals surface area contributed by atoms with Crippen molar-refractivity contribution < 1.29 is 19.1 Å². The highest BCUT2D eigenvalue weighted by Gasteiger charge is 2.12. The van der Waals surface area contributed by atoms with Crippen LogP contribution in [-0.2, 0) is 0 Å². The van der Waals surface area contributed by atoms with Crippen LogP contribution in [0.15, 0.2) is 19.7 Å². The van der Waals surface area contributed by atoms with E-state index in [2.05, 4.69) is 59.6 Å². The van der Waals surface area contributed by atoms with Crippen molar-refractivity contribution in [3.8, 4) is 11.5 Å². The minimum atomic E-state index is 0.612. The van der Waals surface area contributed by atoms with E-state index in [1.165, 1.54) is 61.2 Å². The summed E-state index contributed by atoms with van der Waals surface area (Å²) in [5, 5.41) is 0. The number of aldehydes is 2. The Morgan fingerprint density at radius 3 is 1.41 bits per heavy atom. The summed E-state index contributed by atoms with van der Waals surface area (Å²) < 4.78 is 13.4. The molecule has 0 amide bonds. The standard InChI is InChI=1S/2C13H19BrO2S/c2*1-3-5-6-10(4-2)9-16-12-7-11(8-15)17-13(12)14/h2*7-8,10H,3-6,9H2,1-2H3. The molecule has 0 fully saturated rings. The van der Waals surface area contributed by atoms with Gasteiger partial charge in [-0.25, -0.2) is 0 Å². The Morgan fingerprint density at radius 2 is 1.15 bits per heavy atom. The van der Waals surface area contributed by atoms with Gasteiger partial charge >= 0.3 is 0 Å². The molecule has 2 aromatic heterocycles. The monoisotopic (exact) mass is 636 g/mol. The van der Waals surface area contributed by atoms with Gasteiger partial charge in [0.05, 0.1) is 23.0 Å². The second-order valence-corrected chi connectivity index (χ2v) is 13.1. The van der Waals surface area contributed by atoms with E-state index in [9.17, 15) is 9.59 Å². The lowest BCUT2D eigenvalue weighted by Crippen LogP contribution is -2.11. The van der Waals surface area contributed by atoms with Crippen molar-refractivity contribution in [3.63, 3.8) is 0 Å². The molecule has 0 aliphatic carbocycles. The van der Waals surface area contributed by atoms with Crippen molar-refractivity contribution >= 4 is 67.1 Å². The number of carbonyl (C=O) groups is 2. The summed E-state index contributed by atoms with van der Waals surface area (Å²) in [4.78, 5) is 22.7. The number of hydrogen-bond donors (Lipinski definition) is 0. The van der Waals surface area contributed by atoms with Crippen LogP contribution in [0.2, 0.25) is 0 Å². The highest BCUT2D eigenvalue weighted by Crippen LogP contribution is 2.35. The van der Waals surface area contributed by atoms with Crippen molar-refractivity contribution in [1.29, 1.82) is 0 Å². The smallest absolute Gasteiger partial charge is 0.160 e. The Labute approximate surface area is 230 Å². The van der Waals surface area contributed by atoms with Crippen LogP contribution < -0.4 is 9.47 Å². The van der Waals surface area contributed by atoms with E-state index in [0.29, 0.717) is 21.6 Å². The molecule has 0 aliphatic rings. The second kappa shape index (κ2) is 18.6. The first-order chi connectivity index (χ1) is 16.4. The molecule has 2 heterocycles. The third-order valence-electron chi connectivity index (χ3n) is 5.62. The molecule has 0 saturated heterocycles. The van der Waals surface area contributed by atoms with Gasteiger partial charge < -0.3 is 9.47 Å². The van der Waals surface area contributed by atoms with E-state index < -0.39 is 0 Å². The van der Waals surface area contributed by atoms with Gasteiger partial charge in [-0.05, 0) is 56.5 Å². The van der Waals surface area contributed by atoms with Crippen molar-refractivity contribution in [2.24, 2.45) is 11.8 Å². The van der Waals surface area contributed by atoms with Gasteiger partial charge in [0.15, 0.2) is 12.6 Å². The molecule has 192 valence electrons. The van der Waals surface area contributed by atoms with Crippen molar-refractivity contribution in [2.45, 2.75) is 79.1 Å². The van der Waals surface area contributed by atoms with Crippen LogP contribution in [0.4, 0.5) is 0 Å². The van der Waals surface area contributed by atoms with Gasteiger partial charge in [-0.15, -0.1) is 22.7 Å². The molecule has 34 heavy (non-hydrogen) atoms. The van der Waals surface area contributed by atoms with Crippen LogP contribution in [0, 0.1) is 11.8 Å². The molecule has 2 aromatic rings. The average molecular weight is 639 g/mol. The number of halogens is 2. The van der Waals surface area contributed by atoms with Gasteiger partial charge in [-0.3, -0.25) is 9.59 Å². The number of carbonyl (C=O) groups excluding carboxylic acids is 2. The minimum Gasteiger partial charge on any atom is -0.491 e. The Bertz CT molecular complexity index is 767. The highest BCUT2D eigenvalue weighted by atomic mass is 79.9. The van der Waals surface area contributed by atoms with Gasteiger partial charge in [0, 0.05) is 12.1 Å². The summed E-state index contributed by atoms with van der Waals surface area (Å²) in [5.41, 5.74) is 0. The number of hydrogen-bond acceptors (Lipinski definition) is 6. The maximum Gasteiger partial charge on any atom is 0.160 e. The topological polar surface area (TPSA) is 52.6 Å². The number of unbranched alkanes of at least 4 members (excludes halogenated alkanes) is 2. The van der Waals surface area contributed by atoms with E-state index in [1.807, 2.05) is 0 Å². The molecule has 0 bridgehead atoms. The Morgan fingerprint density at radius 1 is 0.765 bits per heavy atom. The fourth-order valence-electron chi connectivity index (χ4n) is 3.26. The number of rotatable bonds is 16. The molecule has 0 spiro atoms. The lowest BCUT2D eigenvalue weighted by Gasteiger charge is -2.14. The first-order valence-corrected chi connectivity index (χ1v) is 15.4. The summed E-state index contributed by atoms with van der Waals surface area (Å²) in [7, 11) is 0. The zero-order chi connectivity index (χ0) is 25.3. The van der Waals surface area contributed by atoms with Crippen molar-refractivity contribution in [2.75, 3.05) is 13.2 Å². The summed E-state index contributed by atoms with van der Waals surface area (Å²) in [6.07, 6.45) is 11.4. The third-order valence-corrected chi connectivity index (χ3v) is 9.03. The van der Waals surface area contributed by atoms with Gasteiger partial charge in [-0.1, -0.05) is 66.2 Å².